The van der Waals surface area contributed by atoms with Gasteiger partial charge in [0.25, 0.3) is 0 Å². The molecule has 0 aliphatic heterocycles. The second-order valence-electron chi connectivity index (χ2n) is 2.12. The summed E-state index contributed by atoms with van der Waals surface area (Å²) in [6.07, 6.45) is 1.86. The second-order valence-corrected chi connectivity index (χ2v) is 2.91. The molecule has 5 heteroatoms. The van der Waals surface area contributed by atoms with E-state index in [1.165, 1.54) is 4.90 Å². The molecule has 0 spiro atoms. The fourth-order valence-electron chi connectivity index (χ4n) is 0.507. The third-order valence-corrected chi connectivity index (χ3v) is 1.52. The minimum atomic E-state index is -1.12. The van der Waals surface area contributed by atoms with E-state index in [-0.39, 0.29) is 5.91 Å². The Morgan fingerprint density at radius 3 is 2.50 bits per heavy atom. The highest BCUT2D eigenvalue weighted by molar-refractivity contribution is 9.09. The maximum absolute atomic E-state index is 11.0. The van der Waals surface area contributed by atoms with E-state index >= 15 is 0 Å². The molecule has 0 bridgehead atoms. The summed E-state index contributed by atoms with van der Waals surface area (Å²) in [5.74, 6) is -1.42. The minimum absolute atomic E-state index is 0.308. The largest absolute Gasteiger partial charge is 0.478 e. The highest BCUT2D eigenvalue weighted by atomic mass is 79.9. The molecule has 1 N–H and O–H groups in total. The maximum atomic E-state index is 11.0. The number of aliphatic carboxylic acids is 1. The van der Waals surface area contributed by atoms with E-state index in [1.807, 2.05) is 0 Å². The van der Waals surface area contributed by atoms with Gasteiger partial charge in [0, 0.05) is 31.1 Å². The number of nitrogens with zero attached hydrogens (tertiary/aromatic N) is 1. The van der Waals surface area contributed by atoms with E-state index in [0.29, 0.717) is 11.9 Å². The number of alkyl halides is 1. The van der Waals surface area contributed by atoms with Crippen LogP contribution in [-0.2, 0) is 9.59 Å². The summed E-state index contributed by atoms with van der Waals surface area (Å²) in [5, 5.41) is 8.88. The van der Waals surface area contributed by atoms with Crippen molar-refractivity contribution in [3.05, 3.63) is 12.2 Å². The second kappa shape index (κ2) is 5.77. The molecule has 0 rings (SSSR count). The summed E-state index contributed by atoms with van der Waals surface area (Å²) in [6, 6.07) is 0. The van der Waals surface area contributed by atoms with Gasteiger partial charge in [-0.05, 0) is 0 Å². The molecule has 68 valence electrons. The molecule has 0 aliphatic rings. The van der Waals surface area contributed by atoms with Gasteiger partial charge in [0.1, 0.15) is 0 Å². The molecule has 12 heavy (non-hydrogen) atoms. The SMILES string of the molecule is CN(CCBr)C(=O)/C=C/C(=O)O. The van der Waals surface area contributed by atoms with Crippen molar-refractivity contribution in [3.8, 4) is 0 Å². The zero-order valence-electron chi connectivity index (χ0n) is 6.66. The number of likely N-dealkylation sites (N-methyl/N-ethyl adjacent to an activating group) is 1. The molecule has 0 heterocycles. The topological polar surface area (TPSA) is 57.6 Å². The molecular formula is C7H10BrNO3. The first-order valence-electron chi connectivity index (χ1n) is 3.30. The van der Waals surface area contributed by atoms with Crippen LogP contribution in [0.15, 0.2) is 12.2 Å². The van der Waals surface area contributed by atoms with Crippen molar-refractivity contribution in [2.24, 2.45) is 0 Å². The van der Waals surface area contributed by atoms with E-state index in [9.17, 15) is 9.59 Å². The summed E-state index contributed by atoms with van der Waals surface area (Å²) in [5.41, 5.74) is 0. The molecule has 0 unspecified atom stereocenters. The third kappa shape index (κ3) is 4.90. The smallest absolute Gasteiger partial charge is 0.328 e. The molecule has 0 atom stereocenters. The Balaban J connectivity index is 3.94. The molecule has 0 aromatic heterocycles. The van der Waals surface area contributed by atoms with Crippen LogP contribution in [0.25, 0.3) is 0 Å². The Labute approximate surface area is 79.0 Å². The lowest BCUT2D eigenvalue weighted by atomic mass is 10.4. The van der Waals surface area contributed by atoms with Gasteiger partial charge in [-0.2, -0.15) is 0 Å². The molecule has 4 nitrogen and oxygen atoms in total. The fourth-order valence-corrected chi connectivity index (χ4v) is 1.04. The Bertz CT molecular complexity index is 203. The van der Waals surface area contributed by atoms with Gasteiger partial charge < -0.3 is 10.0 Å². The Kier molecular flexibility index (Phi) is 5.36. The van der Waals surface area contributed by atoms with Crippen molar-refractivity contribution >= 4 is 27.8 Å². The quantitative estimate of drug-likeness (QED) is 0.570. The standard InChI is InChI=1S/C7H10BrNO3/c1-9(5-4-8)6(10)2-3-7(11)12/h2-3H,4-5H2,1H3,(H,11,12)/b3-2+. The third-order valence-electron chi connectivity index (χ3n) is 1.16. The molecule has 0 aromatic rings. The van der Waals surface area contributed by atoms with Crippen molar-refractivity contribution in [2.45, 2.75) is 0 Å². The number of halogens is 1. The summed E-state index contributed by atoms with van der Waals surface area (Å²) < 4.78 is 0. The van der Waals surface area contributed by atoms with Crippen LogP contribution in [0.1, 0.15) is 0 Å². The highest BCUT2D eigenvalue weighted by Gasteiger charge is 2.02. The lowest BCUT2D eigenvalue weighted by molar-refractivity contribution is -0.132. The number of carbonyl (C=O) groups is 2. The van der Waals surface area contributed by atoms with Crippen LogP contribution < -0.4 is 0 Å². The molecule has 0 radical (unpaired) electrons. The number of hydrogen-bond donors (Lipinski definition) is 1. The summed E-state index contributed by atoms with van der Waals surface area (Å²) in [4.78, 5) is 22.4. The van der Waals surface area contributed by atoms with Crippen LogP contribution in [0.4, 0.5) is 0 Å². The fraction of sp³-hybridized carbons (Fsp3) is 0.429. The molecule has 0 aliphatic carbocycles. The molecule has 1 amide bonds. The Morgan fingerprint density at radius 2 is 2.08 bits per heavy atom. The first kappa shape index (κ1) is 11.2. The minimum Gasteiger partial charge on any atom is -0.478 e. The number of carboxylic acids is 1. The Morgan fingerprint density at radius 1 is 1.50 bits per heavy atom. The van der Waals surface area contributed by atoms with E-state index in [4.69, 9.17) is 5.11 Å². The van der Waals surface area contributed by atoms with Gasteiger partial charge in [0.2, 0.25) is 5.91 Å². The number of carboxylic acid groups (broad SMARTS) is 1. The number of amides is 1. The molecule has 0 aromatic carbocycles. The predicted octanol–water partition coefficient (Wildman–Crippen LogP) is 0.480. The summed E-state index contributed by atoms with van der Waals surface area (Å²) in [6.45, 7) is 0.558. The number of hydrogen-bond acceptors (Lipinski definition) is 2. The number of rotatable bonds is 4. The van der Waals surface area contributed by atoms with Crippen molar-refractivity contribution in [1.82, 2.24) is 4.90 Å². The van der Waals surface area contributed by atoms with E-state index in [2.05, 4.69) is 15.9 Å². The first-order chi connectivity index (χ1) is 5.57. The summed E-state index contributed by atoms with van der Waals surface area (Å²) >= 11 is 3.16. The monoisotopic (exact) mass is 235 g/mol. The van der Waals surface area contributed by atoms with Crippen LogP contribution in [0.2, 0.25) is 0 Å². The molecular weight excluding hydrogens is 226 g/mol. The highest BCUT2D eigenvalue weighted by Crippen LogP contribution is 1.89. The van der Waals surface area contributed by atoms with Crippen LogP contribution in [0.3, 0.4) is 0 Å². The van der Waals surface area contributed by atoms with Gasteiger partial charge >= 0.3 is 5.97 Å². The average Bonchev–Trinajstić information content (AvgIpc) is 2.00. The zero-order valence-corrected chi connectivity index (χ0v) is 8.24. The van der Waals surface area contributed by atoms with E-state index in [0.717, 1.165) is 12.2 Å². The number of carbonyl (C=O) groups excluding carboxylic acids is 1. The summed E-state index contributed by atoms with van der Waals surface area (Å²) in [7, 11) is 1.61. The lowest BCUT2D eigenvalue weighted by Crippen LogP contribution is -2.26. The van der Waals surface area contributed by atoms with Gasteiger partial charge in [0.05, 0.1) is 0 Å². The van der Waals surface area contributed by atoms with Gasteiger partial charge in [-0.1, -0.05) is 15.9 Å². The van der Waals surface area contributed by atoms with Crippen molar-refractivity contribution < 1.29 is 14.7 Å². The van der Waals surface area contributed by atoms with Crippen molar-refractivity contribution in [3.63, 3.8) is 0 Å². The average molecular weight is 236 g/mol. The van der Waals surface area contributed by atoms with Gasteiger partial charge in [-0.3, -0.25) is 4.79 Å². The van der Waals surface area contributed by atoms with E-state index < -0.39 is 5.97 Å². The molecule has 0 fully saturated rings. The van der Waals surface area contributed by atoms with Crippen molar-refractivity contribution in [1.29, 1.82) is 0 Å². The normalized spacial score (nSPS) is 10.2. The van der Waals surface area contributed by atoms with E-state index in [1.54, 1.807) is 7.05 Å². The maximum Gasteiger partial charge on any atom is 0.328 e. The van der Waals surface area contributed by atoms with Gasteiger partial charge in [-0.25, -0.2) is 4.79 Å². The molecule has 0 saturated carbocycles. The Hall–Kier alpha value is -0.840. The zero-order chi connectivity index (χ0) is 9.56. The van der Waals surface area contributed by atoms with Crippen LogP contribution >= 0.6 is 15.9 Å². The van der Waals surface area contributed by atoms with Gasteiger partial charge in [-0.15, -0.1) is 0 Å². The van der Waals surface area contributed by atoms with Crippen LogP contribution in [0, 0.1) is 0 Å². The molecule has 0 saturated heterocycles. The van der Waals surface area contributed by atoms with Crippen molar-refractivity contribution in [2.75, 3.05) is 18.9 Å². The predicted molar refractivity (Wildman–Crippen MR) is 48.2 cm³/mol. The van der Waals surface area contributed by atoms with Crippen LogP contribution in [-0.4, -0.2) is 40.8 Å². The van der Waals surface area contributed by atoms with Gasteiger partial charge in [0.15, 0.2) is 0 Å². The van der Waals surface area contributed by atoms with Crippen LogP contribution in [0.5, 0.6) is 0 Å². The lowest BCUT2D eigenvalue weighted by Gasteiger charge is -2.11. The first-order valence-corrected chi connectivity index (χ1v) is 4.42.